The summed E-state index contributed by atoms with van der Waals surface area (Å²) in [5, 5.41) is 35.5. The second-order valence-electron chi connectivity index (χ2n) is 17.5. The number of aliphatic hydroxyl groups excluding tert-OH is 1. The third-order valence-corrected chi connectivity index (χ3v) is 15.1. The van der Waals surface area contributed by atoms with E-state index in [-0.39, 0.29) is 40.0 Å². The Morgan fingerprint density at radius 1 is 0.762 bits per heavy atom. The van der Waals surface area contributed by atoms with E-state index in [0.717, 1.165) is 29.6 Å². The van der Waals surface area contributed by atoms with Crippen LogP contribution >= 0.6 is 0 Å². The van der Waals surface area contributed by atoms with E-state index in [1.165, 1.54) is 0 Å². The molecular formula is C36H50O6. The molecule has 0 aromatic rings. The lowest BCUT2D eigenvalue weighted by Gasteiger charge is -2.74. The maximum absolute atomic E-state index is 14.9. The lowest BCUT2D eigenvalue weighted by molar-refractivity contribution is -0.216. The van der Waals surface area contributed by atoms with Gasteiger partial charge in [-0.2, -0.15) is 0 Å². The summed E-state index contributed by atoms with van der Waals surface area (Å²) in [6.07, 6.45) is 6.64. The van der Waals surface area contributed by atoms with Gasteiger partial charge in [0.15, 0.2) is 11.6 Å². The molecule has 0 aromatic carbocycles. The van der Waals surface area contributed by atoms with Crippen LogP contribution < -0.4 is 0 Å². The Labute approximate surface area is 250 Å². The summed E-state index contributed by atoms with van der Waals surface area (Å²) in [5.41, 5.74) is -2.69. The number of aliphatic hydroxyl groups is 3. The largest absolute Gasteiger partial charge is 0.393 e. The Morgan fingerprint density at radius 3 is 2.10 bits per heavy atom. The van der Waals surface area contributed by atoms with Crippen LogP contribution in [0, 0.1) is 56.7 Å². The van der Waals surface area contributed by atoms with E-state index in [1.54, 1.807) is 19.9 Å². The summed E-state index contributed by atoms with van der Waals surface area (Å²) < 4.78 is 0. The van der Waals surface area contributed by atoms with Crippen LogP contribution in [0.3, 0.4) is 0 Å². The van der Waals surface area contributed by atoms with Crippen LogP contribution in [0.15, 0.2) is 22.8 Å². The molecule has 2 bridgehead atoms. The number of ketones is 3. The predicted molar refractivity (Wildman–Crippen MR) is 158 cm³/mol. The highest BCUT2D eigenvalue weighted by Crippen LogP contribution is 2.79. The number of carbonyl (C=O) groups is 3. The van der Waals surface area contributed by atoms with Crippen molar-refractivity contribution in [2.45, 2.75) is 124 Å². The molecular weight excluding hydrogens is 528 g/mol. The van der Waals surface area contributed by atoms with Gasteiger partial charge in [-0.1, -0.05) is 58.3 Å². The SMILES string of the molecule is CC1(C)C(=O)CCC2(C)C3=C(CCC12)C1C2C(C)(O)C(=O)C=C4C5(C)CCC(O)C(C)(C)C5CCC42C3C(=O)C1(C)O. The summed E-state index contributed by atoms with van der Waals surface area (Å²) >= 11 is 0. The highest BCUT2D eigenvalue weighted by Gasteiger charge is 2.79. The summed E-state index contributed by atoms with van der Waals surface area (Å²) in [4.78, 5) is 42.1. The van der Waals surface area contributed by atoms with Gasteiger partial charge in [0, 0.05) is 29.1 Å². The number of fused-ring (bicyclic) bond motifs is 4. The molecule has 6 heteroatoms. The van der Waals surface area contributed by atoms with Crippen molar-refractivity contribution in [3.8, 4) is 0 Å². The Balaban J connectivity index is 1.52. The van der Waals surface area contributed by atoms with E-state index in [4.69, 9.17) is 0 Å². The van der Waals surface area contributed by atoms with E-state index >= 15 is 0 Å². The number of hydrogen-bond donors (Lipinski definition) is 3. The Bertz CT molecular complexity index is 1390. The number of carbonyl (C=O) groups excluding carboxylic acids is 3. The molecule has 0 heterocycles. The monoisotopic (exact) mass is 578 g/mol. The van der Waals surface area contributed by atoms with Crippen LogP contribution in [0.25, 0.3) is 0 Å². The van der Waals surface area contributed by atoms with Gasteiger partial charge < -0.3 is 15.3 Å². The van der Waals surface area contributed by atoms with Gasteiger partial charge in [-0.05, 0) is 93.0 Å². The molecule has 8 rings (SSSR count). The van der Waals surface area contributed by atoms with Crippen molar-refractivity contribution in [2.75, 3.05) is 0 Å². The number of Topliss-reactive ketones (excluding diaryl/α,β-unsaturated/α-hetero) is 2. The first-order valence-electron chi connectivity index (χ1n) is 16.4. The van der Waals surface area contributed by atoms with Crippen molar-refractivity contribution < 1.29 is 29.7 Å². The van der Waals surface area contributed by atoms with Crippen molar-refractivity contribution in [3.63, 3.8) is 0 Å². The van der Waals surface area contributed by atoms with Crippen molar-refractivity contribution in [1.29, 1.82) is 0 Å². The van der Waals surface area contributed by atoms with E-state index < -0.39 is 51.3 Å². The van der Waals surface area contributed by atoms with Gasteiger partial charge in [-0.15, -0.1) is 0 Å². The van der Waals surface area contributed by atoms with Gasteiger partial charge in [0.2, 0.25) is 0 Å². The van der Waals surface area contributed by atoms with Gasteiger partial charge in [-0.25, -0.2) is 0 Å². The molecule has 11 unspecified atom stereocenters. The van der Waals surface area contributed by atoms with Crippen LogP contribution in [-0.4, -0.2) is 50.0 Å². The molecule has 1 spiro atoms. The zero-order chi connectivity index (χ0) is 30.8. The second-order valence-corrected chi connectivity index (χ2v) is 17.5. The molecule has 4 saturated carbocycles. The summed E-state index contributed by atoms with van der Waals surface area (Å²) in [6, 6.07) is 0. The maximum Gasteiger partial charge on any atom is 0.187 e. The smallest absolute Gasteiger partial charge is 0.187 e. The van der Waals surface area contributed by atoms with Gasteiger partial charge in [0.1, 0.15) is 17.0 Å². The normalized spacial score (nSPS) is 53.9. The van der Waals surface area contributed by atoms with Crippen molar-refractivity contribution in [1.82, 2.24) is 0 Å². The molecule has 0 radical (unpaired) electrons. The maximum atomic E-state index is 14.9. The van der Waals surface area contributed by atoms with Crippen molar-refractivity contribution in [2.24, 2.45) is 56.7 Å². The number of rotatable bonds is 0. The second kappa shape index (κ2) is 7.95. The number of allylic oxidation sites excluding steroid dienone is 2. The van der Waals surface area contributed by atoms with Crippen molar-refractivity contribution in [3.05, 3.63) is 22.8 Å². The molecule has 42 heavy (non-hydrogen) atoms. The summed E-state index contributed by atoms with van der Waals surface area (Å²) in [5.74, 6) is -1.93. The molecule has 0 saturated heterocycles. The zero-order valence-corrected chi connectivity index (χ0v) is 26.8. The minimum absolute atomic E-state index is 0.0887. The minimum Gasteiger partial charge on any atom is -0.393 e. The fraction of sp³-hybridized carbons (Fsp3) is 0.806. The van der Waals surface area contributed by atoms with Crippen LogP contribution in [0.4, 0.5) is 0 Å². The first-order valence-corrected chi connectivity index (χ1v) is 16.4. The molecule has 8 aliphatic carbocycles. The topological polar surface area (TPSA) is 112 Å². The van der Waals surface area contributed by atoms with Gasteiger partial charge in [-0.3, -0.25) is 14.4 Å². The predicted octanol–water partition coefficient (Wildman–Crippen LogP) is 5.13. The van der Waals surface area contributed by atoms with E-state index in [1.807, 2.05) is 0 Å². The summed E-state index contributed by atoms with van der Waals surface area (Å²) in [6.45, 7) is 16.1. The third-order valence-electron chi connectivity index (χ3n) is 15.1. The molecule has 230 valence electrons. The fourth-order valence-electron chi connectivity index (χ4n) is 13.2. The highest BCUT2D eigenvalue weighted by atomic mass is 16.3. The number of hydrogen-bond acceptors (Lipinski definition) is 6. The first-order chi connectivity index (χ1) is 19.2. The molecule has 0 aromatic heterocycles. The molecule has 6 nitrogen and oxygen atoms in total. The minimum atomic E-state index is -1.72. The molecule has 8 aliphatic rings. The van der Waals surface area contributed by atoms with E-state index in [0.29, 0.717) is 38.5 Å². The lowest BCUT2D eigenvalue weighted by atomic mass is 9.29. The molecule has 0 aliphatic heterocycles. The summed E-state index contributed by atoms with van der Waals surface area (Å²) in [7, 11) is 0. The quantitative estimate of drug-likeness (QED) is 0.344. The van der Waals surface area contributed by atoms with Crippen LogP contribution in [-0.2, 0) is 14.4 Å². The average molecular weight is 579 g/mol. The zero-order valence-electron chi connectivity index (χ0n) is 26.8. The Hall–Kier alpha value is -1.63. The Morgan fingerprint density at radius 2 is 1.43 bits per heavy atom. The van der Waals surface area contributed by atoms with Crippen LogP contribution in [0.1, 0.15) is 107 Å². The lowest BCUT2D eigenvalue weighted by Crippen LogP contribution is -2.77. The van der Waals surface area contributed by atoms with Crippen LogP contribution in [0.5, 0.6) is 0 Å². The van der Waals surface area contributed by atoms with Gasteiger partial charge >= 0.3 is 0 Å². The fourth-order valence-corrected chi connectivity index (χ4v) is 13.2. The van der Waals surface area contributed by atoms with Crippen LogP contribution in [0.2, 0.25) is 0 Å². The standard InChI is InChI=1S/C36H50O6/c1-30(2)19-10-9-18-25(33(19,6)15-13-23(30)38)27-29(40)35(8,42)26(18)28-34(7,41)24(39)17-21-32(5)14-12-22(37)31(3,4)20(32)11-16-36(21,27)28/h17,19-20,22,26-28,37,41-42H,9-16H2,1-8H3. The highest BCUT2D eigenvalue weighted by molar-refractivity contribution is 6.03. The van der Waals surface area contributed by atoms with Gasteiger partial charge in [0.05, 0.1) is 12.0 Å². The van der Waals surface area contributed by atoms with E-state index in [9.17, 15) is 29.7 Å². The van der Waals surface area contributed by atoms with E-state index in [2.05, 4.69) is 41.5 Å². The molecule has 3 N–H and O–H groups in total. The van der Waals surface area contributed by atoms with Gasteiger partial charge in [0.25, 0.3) is 0 Å². The Kier molecular flexibility index (Phi) is 5.51. The molecule has 11 atom stereocenters. The van der Waals surface area contributed by atoms with Crippen molar-refractivity contribution >= 4 is 17.3 Å². The first kappa shape index (κ1) is 29.1. The molecule has 4 fully saturated rings. The molecule has 0 amide bonds. The average Bonchev–Trinajstić information content (AvgIpc) is 2.88. The third kappa shape index (κ3) is 2.92.